The van der Waals surface area contributed by atoms with E-state index in [9.17, 15) is 0 Å². The Hall–Kier alpha value is -3.17. The van der Waals surface area contributed by atoms with Crippen LogP contribution in [-0.4, -0.2) is 29.6 Å². The molecule has 0 saturated heterocycles. The molecular formula is C28H28N2O. The van der Waals surface area contributed by atoms with Crippen molar-refractivity contribution in [1.82, 2.24) is 9.88 Å². The highest BCUT2D eigenvalue weighted by Crippen LogP contribution is 2.28. The van der Waals surface area contributed by atoms with Crippen LogP contribution in [0.5, 0.6) is 5.88 Å². The van der Waals surface area contributed by atoms with E-state index in [0.29, 0.717) is 6.61 Å². The molecule has 0 amide bonds. The highest BCUT2D eigenvalue weighted by molar-refractivity contribution is 5.83. The Morgan fingerprint density at radius 3 is 2.52 bits per heavy atom. The number of hydrogen-bond donors (Lipinski definition) is 0. The number of ether oxygens (including phenoxy) is 1. The van der Waals surface area contributed by atoms with E-state index < -0.39 is 0 Å². The Bertz CT molecular complexity index is 1170. The lowest BCUT2D eigenvalue weighted by atomic mass is 10.0. The summed E-state index contributed by atoms with van der Waals surface area (Å²) < 4.78 is 6.05. The normalized spacial score (nSPS) is 14.1. The molecule has 0 unspecified atom stereocenters. The molecule has 4 aromatic rings. The van der Waals surface area contributed by atoms with Gasteiger partial charge >= 0.3 is 0 Å². The van der Waals surface area contributed by atoms with E-state index >= 15 is 0 Å². The van der Waals surface area contributed by atoms with Gasteiger partial charge in [0.15, 0.2) is 0 Å². The standard InChI is InChI=1S/C28H28N2O/c1-2-22-9-6-10-25-19-26-20-30(17-18-31-28(26)29-27(22)25)16-15-21-11-13-24(14-12-21)23-7-4-3-5-8-23/h3-14,19H,2,15-18,20H2,1H3. The van der Waals surface area contributed by atoms with Gasteiger partial charge in [-0.1, -0.05) is 79.7 Å². The van der Waals surface area contributed by atoms with Gasteiger partial charge < -0.3 is 4.74 Å². The number of fused-ring (bicyclic) bond motifs is 2. The number of rotatable bonds is 5. The first-order chi connectivity index (χ1) is 15.3. The van der Waals surface area contributed by atoms with Crippen molar-refractivity contribution in [2.45, 2.75) is 26.3 Å². The average Bonchev–Trinajstić information content (AvgIpc) is 3.03. The van der Waals surface area contributed by atoms with E-state index in [1.54, 1.807) is 0 Å². The molecule has 0 radical (unpaired) electrons. The monoisotopic (exact) mass is 408 g/mol. The van der Waals surface area contributed by atoms with Crippen molar-refractivity contribution in [1.29, 1.82) is 0 Å². The Balaban J connectivity index is 1.29. The van der Waals surface area contributed by atoms with Crippen molar-refractivity contribution in [2.75, 3.05) is 19.7 Å². The maximum atomic E-state index is 6.05. The first-order valence-corrected chi connectivity index (χ1v) is 11.2. The summed E-state index contributed by atoms with van der Waals surface area (Å²) in [6.07, 6.45) is 2.02. The fourth-order valence-electron chi connectivity index (χ4n) is 4.37. The van der Waals surface area contributed by atoms with E-state index in [4.69, 9.17) is 9.72 Å². The van der Waals surface area contributed by atoms with Crippen molar-refractivity contribution in [3.05, 3.63) is 95.6 Å². The molecule has 0 aliphatic carbocycles. The maximum absolute atomic E-state index is 6.05. The summed E-state index contributed by atoms with van der Waals surface area (Å²) in [6.45, 7) is 5.69. The third kappa shape index (κ3) is 4.33. The Kier molecular flexibility index (Phi) is 5.68. The van der Waals surface area contributed by atoms with Gasteiger partial charge in [0.25, 0.3) is 0 Å². The van der Waals surface area contributed by atoms with Crippen LogP contribution < -0.4 is 4.74 Å². The third-order valence-electron chi connectivity index (χ3n) is 6.17. The average molecular weight is 409 g/mol. The minimum Gasteiger partial charge on any atom is -0.476 e. The molecule has 0 fully saturated rings. The molecule has 156 valence electrons. The molecule has 31 heavy (non-hydrogen) atoms. The SMILES string of the molecule is CCc1cccc2cc3c(nc12)OCCN(CCc1ccc(-c2ccccc2)cc1)C3. The fourth-order valence-corrected chi connectivity index (χ4v) is 4.37. The molecule has 0 saturated carbocycles. The van der Waals surface area contributed by atoms with Crippen molar-refractivity contribution in [3.8, 4) is 17.0 Å². The van der Waals surface area contributed by atoms with Crippen molar-refractivity contribution >= 4 is 10.9 Å². The number of pyridine rings is 1. The molecule has 0 N–H and O–H groups in total. The van der Waals surface area contributed by atoms with Gasteiger partial charge in [-0.15, -0.1) is 0 Å². The highest BCUT2D eigenvalue weighted by Gasteiger charge is 2.18. The molecule has 0 spiro atoms. The number of benzene rings is 3. The predicted molar refractivity (Wildman–Crippen MR) is 127 cm³/mol. The van der Waals surface area contributed by atoms with E-state index in [2.05, 4.69) is 90.7 Å². The minimum atomic E-state index is 0.687. The van der Waals surface area contributed by atoms with Crippen LogP contribution in [0.15, 0.2) is 78.9 Å². The maximum Gasteiger partial charge on any atom is 0.218 e. The summed E-state index contributed by atoms with van der Waals surface area (Å²) in [5.41, 5.74) is 7.46. The highest BCUT2D eigenvalue weighted by atomic mass is 16.5. The van der Waals surface area contributed by atoms with Gasteiger partial charge in [-0.3, -0.25) is 4.90 Å². The van der Waals surface area contributed by atoms with E-state index in [1.807, 2.05) is 0 Å². The van der Waals surface area contributed by atoms with Crippen LogP contribution in [0.1, 0.15) is 23.6 Å². The van der Waals surface area contributed by atoms with Gasteiger partial charge in [-0.25, -0.2) is 4.98 Å². The smallest absolute Gasteiger partial charge is 0.218 e. The number of aromatic nitrogens is 1. The van der Waals surface area contributed by atoms with Gasteiger partial charge in [0.2, 0.25) is 5.88 Å². The molecule has 0 bridgehead atoms. The molecule has 1 aliphatic rings. The fraction of sp³-hybridized carbons (Fsp3) is 0.250. The van der Waals surface area contributed by atoms with E-state index in [1.165, 1.54) is 33.2 Å². The summed E-state index contributed by atoms with van der Waals surface area (Å²) >= 11 is 0. The summed E-state index contributed by atoms with van der Waals surface area (Å²) in [4.78, 5) is 7.37. The second kappa shape index (κ2) is 8.91. The van der Waals surface area contributed by atoms with Gasteiger partial charge in [0, 0.05) is 30.6 Å². The van der Waals surface area contributed by atoms with Crippen LogP contribution in [0.25, 0.3) is 22.0 Å². The molecule has 5 rings (SSSR count). The van der Waals surface area contributed by atoms with E-state index in [-0.39, 0.29) is 0 Å². The third-order valence-corrected chi connectivity index (χ3v) is 6.17. The molecule has 1 aliphatic heterocycles. The summed E-state index contributed by atoms with van der Waals surface area (Å²) in [5, 5.41) is 1.21. The van der Waals surface area contributed by atoms with Crippen LogP contribution in [0.3, 0.4) is 0 Å². The number of aryl methyl sites for hydroxylation is 1. The minimum absolute atomic E-state index is 0.687. The largest absolute Gasteiger partial charge is 0.476 e. The molecule has 2 heterocycles. The molecule has 0 atom stereocenters. The molecule has 3 nitrogen and oxygen atoms in total. The molecule has 1 aromatic heterocycles. The van der Waals surface area contributed by atoms with Crippen LogP contribution in [0, 0.1) is 0 Å². The Morgan fingerprint density at radius 1 is 0.903 bits per heavy atom. The molecule has 3 heteroatoms. The Labute approximate surface area is 184 Å². The van der Waals surface area contributed by atoms with Crippen molar-refractivity contribution in [3.63, 3.8) is 0 Å². The zero-order chi connectivity index (χ0) is 21.0. The zero-order valence-electron chi connectivity index (χ0n) is 18.1. The lowest BCUT2D eigenvalue weighted by molar-refractivity contribution is 0.225. The second-order valence-corrected chi connectivity index (χ2v) is 8.23. The first kappa shape index (κ1) is 19.8. The summed E-state index contributed by atoms with van der Waals surface area (Å²) in [7, 11) is 0. The van der Waals surface area contributed by atoms with Gasteiger partial charge in [0.1, 0.15) is 6.61 Å². The van der Waals surface area contributed by atoms with Gasteiger partial charge in [-0.05, 0) is 41.2 Å². The number of hydrogen-bond acceptors (Lipinski definition) is 3. The quantitative estimate of drug-likeness (QED) is 0.411. The first-order valence-electron chi connectivity index (χ1n) is 11.2. The van der Waals surface area contributed by atoms with Crippen LogP contribution in [-0.2, 0) is 19.4 Å². The number of nitrogens with zero attached hydrogens (tertiary/aromatic N) is 2. The van der Waals surface area contributed by atoms with Gasteiger partial charge in [-0.2, -0.15) is 0 Å². The summed E-state index contributed by atoms with van der Waals surface area (Å²) in [5.74, 6) is 0.808. The zero-order valence-corrected chi connectivity index (χ0v) is 18.1. The van der Waals surface area contributed by atoms with Crippen molar-refractivity contribution in [2.24, 2.45) is 0 Å². The van der Waals surface area contributed by atoms with Crippen LogP contribution >= 0.6 is 0 Å². The second-order valence-electron chi connectivity index (χ2n) is 8.23. The molecule has 3 aromatic carbocycles. The number of para-hydroxylation sites is 1. The van der Waals surface area contributed by atoms with Crippen molar-refractivity contribution < 1.29 is 4.74 Å². The van der Waals surface area contributed by atoms with Crippen LogP contribution in [0.4, 0.5) is 0 Å². The van der Waals surface area contributed by atoms with Crippen LogP contribution in [0.2, 0.25) is 0 Å². The summed E-state index contributed by atoms with van der Waals surface area (Å²) in [6, 6.07) is 28.2. The predicted octanol–water partition coefficient (Wildman–Crippen LogP) is 5.90. The lowest BCUT2D eigenvalue weighted by Gasteiger charge is -2.19. The van der Waals surface area contributed by atoms with E-state index in [0.717, 1.165) is 43.9 Å². The Morgan fingerprint density at radius 2 is 1.71 bits per heavy atom. The molecular weight excluding hydrogens is 380 g/mol. The lowest BCUT2D eigenvalue weighted by Crippen LogP contribution is -2.27. The van der Waals surface area contributed by atoms with Gasteiger partial charge in [0.05, 0.1) is 5.52 Å². The topological polar surface area (TPSA) is 25.4 Å².